The Hall–Kier alpha value is -1.81. The number of aliphatic carboxylic acids is 1. The minimum absolute atomic E-state index is 0.0928. The highest BCUT2D eigenvalue weighted by Gasteiger charge is 2.33. The molecule has 180 valence electrons. The number of nitrogens with two attached hydrogens (primary N) is 1. The Morgan fingerprint density at radius 2 is 1.42 bits per heavy atom. The van der Waals surface area contributed by atoms with Gasteiger partial charge in [0.15, 0.2) is 0 Å². The number of carboxylic acids is 1. The van der Waals surface area contributed by atoms with Crippen molar-refractivity contribution in [2.24, 2.45) is 23.5 Å². The van der Waals surface area contributed by atoms with Crippen LogP contribution in [0, 0.1) is 17.8 Å². The molecule has 0 spiro atoms. The zero-order chi connectivity index (χ0) is 24.3. The highest BCUT2D eigenvalue weighted by Crippen LogP contribution is 2.11. The second-order valence-electron chi connectivity index (χ2n) is 8.55. The van der Waals surface area contributed by atoms with Crippen molar-refractivity contribution in [3.05, 3.63) is 0 Å². The predicted molar refractivity (Wildman–Crippen MR) is 124 cm³/mol. The van der Waals surface area contributed by atoms with Crippen LogP contribution < -0.4 is 21.7 Å². The topological polar surface area (TPSA) is 151 Å². The average Bonchev–Trinajstić information content (AvgIpc) is 2.70. The molecule has 0 heterocycles. The Kier molecular flexibility index (Phi) is 13.5. The second kappa shape index (κ2) is 14.3. The number of amides is 3. The third-order valence-corrected chi connectivity index (χ3v) is 5.93. The summed E-state index contributed by atoms with van der Waals surface area (Å²) in [6.07, 6.45) is 2.84. The van der Waals surface area contributed by atoms with Gasteiger partial charge in [0, 0.05) is 0 Å². The zero-order valence-corrected chi connectivity index (χ0v) is 20.5. The number of nitrogens with one attached hydrogen (secondary N) is 3. The third-order valence-electron chi connectivity index (χ3n) is 5.29. The highest BCUT2D eigenvalue weighted by molar-refractivity contribution is 7.98. The molecule has 0 aromatic rings. The van der Waals surface area contributed by atoms with Crippen LogP contribution in [0.3, 0.4) is 0 Å². The molecule has 0 aliphatic heterocycles. The first-order valence-electron chi connectivity index (χ1n) is 10.8. The van der Waals surface area contributed by atoms with Crippen LogP contribution in [0.1, 0.15) is 54.4 Å². The van der Waals surface area contributed by atoms with Crippen molar-refractivity contribution in [2.45, 2.75) is 78.6 Å². The van der Waals surface area contributed by atoms with Gasteiger partial charge in [-0.2, -0.15) is 11.8 Å². The number of hydrogen-bond acceptors (Lipinski definition) is 6. The lowest BCUT2D eigenvalue weighted by Gasteiger charge is -2.28. The van der Waals surface area contributed by atoms with E-state index in [0.717, 1.165) is 0 Å². The average molecular weight is 461 g/mol. The summed E-state index contributed by atoms with van der Waals surface area (Å²) >= 11 is 1.51. The number of carboxylic acid groups (broad SMARTS) is 1. The van der Waals surface area contributed by atoms with Gasteiger partial charge in [-0.25, -0.2) is 4.79 Å². The van der Waals surface area contributed by atoms with Crippen molar-refractivity contribution in [1.29, 1.82) is 0 Å². The summed E-state index contributed by atoms with van der Waals surface area (Å²) in [5, 5.41) is 17.3. The molecule has 5 atom stereocenters. The van der Waals surface area contributed by atoms with Gasteiger partial charge in [0.2, 0.25) is 17.7 Å². The molecule has 0 aromatic carbocycles. The first kappa shape index (κ1) is 29.2. The molecule has 9 nitrogen and oxygen atoms in total. The first-order valence-corrected chi connectivity index (χ1v) is 12.1. The molecule has 0 aromatic heterocycles. The summed E-state index contributed by atoms with van der Waals surface area (Å²) in [6.45, 7) is 10.8. The fourth-order valence-electron chi connectivity index (χ4n) is 2.79. The molecule has 10 heteroatoms. The Labute approximate surface area is 190 Å². The Morgan fingerprint density at radius 3 is 1.84 bits per heavy atom. The van der Waals surface area contributed by atoms with Crippen LogP contribution in [-0.4, -0.2) is 65.0 Å². The molecule has 0 fully saturated rings. The maximum absolute atomic E-state index is 13.0. The van der Waals surface area contributed by atoms with E-state index in [9.17, 15) is 24.3 Å². The van der Waals surface area contributed by atoms with Gasteiger partial charge >= 0.3 is 5.97 Å². The molecule has 0 aliphatic rings. The molecule has 0 radical (unpaired) electrons. The quantitative estimate of drug-likeness (QED) is 0.259. The van der Waals surface area contributed by atoms with Crippen LogP contribution >= 0.6 is 11.8 Å². The Balaban J connectivity index is 5.51. The molecule has 0 rings (SSSR count). The first-order chi connectivity index (χ1) is 14.4. The van der Waals surface area contributed by atoms with Crippen LogP contribution in [0.15, 0.2) is 0 Å². The molecule has 6 N–H and O–H groups in total. The van der Waals surface area contributed by atoms with E-state index in [2.05, 4.69) is 16.0 Å². The van der Waals surface area contributed by atoms with Crippen LogP contribution in [0.25, 0.3) is 0 Å². The lowest BCUT2D eigenvalue weighted by atomic mass is 9.96. The van der Waals surface area contributed by atoms with E-state index in [1.54, 1.807) is 13.8 Å². The van der Waals surface area contributed by atoms with E-state index < -0.39 is 47.9 Å². The summed E-state index contributed by atoms with van der Waals surface area (Å²) in [5.74, 6) is -2.61. The van der Waals surface area contributed by atoms with Crippen LogP contribution in [0.4, 0.5) is 0 Å². The van der Waals surface area contributed by atoms with Gasteiger partial charge in [-0.15, -0.1) is 0 Å². The van der Waals surface area contributed by atoms with E-state index in [-0.39, 0.29) is 17.8 Å². The summed E-state index contributed by atoms with van der Waals surface area (Å²) in [7, 11) is 0. The highest BCUT2D eigenvalue weighted by atomic mass is 32.2. The molecule has 0 saturated carbocycles. The van der Waals surface area contributed by atoms with Gasteiger partial charge in [0.25, 0.3) is 0 Å². The van der Waals surface area contributed by atoms with E-state index in [0.29, 0.717) is 18.6 Å². The van der Waals surface area contributed by atoms with Crippen LogP contribution in [-0.2, 0) is 19.2 Å². The van der Waals surface area contributed by atoms with Crippen molar-refractivity contribution < 1.29 is 24.3 Å². The normalized spacial score (nSPS) is 16.2. The van der Waals surface area contributed by atoms with E-state index in [1.807, 2.05) is 34.0 Å². The molecule has 0 aliphatic carbocycles. The zero-order valence-electron chi connectivity index (χ0n) is 19.7. The summed E-state index contributed by atoms with van der Waals surface area (Å²) < 4.78 is 0. The summed E-state index contributed by atoms with van der Waals surface area (Å²) in [4.78, 5) is 49.7. The van der Waals surface area contributed by atoms with E-state index in [4.69, 9.17) is 5.73 Å². The lowest BCUT2D eigenvalue weighted by molar-refractivity contribution is -0.143. The smallest absolute Gasteiger partial charge is 0.326 e. The number of thioether (sulfide) groups is 1. The van der Waals surface area contributed by atoms with Gasteiger partial charge < -0.3 is 26.8 Å². The van der Waals surface area contributed by atoms with Gasteiger partial charge in [-0.1, -0.05) is 48.0 Å². The van der Waals surface area contributed by atoms with Crippen molar-refractivity contribution in [3.63, 3.8) is 0 Å². The number of carbonyl (C=O) groups is 4. The molecule has 0 saturated heterocycles. The number of hydrogen-bond donors (Lipinski definition) is 5. The van der Waals surface area contributed by atoms with Crippen molar-refractivity contribution in [1.82, 2.24) is 16.0 Å². The standard InChI is InChI=1S/C21H40N4O5S/c1-8-13(6)17(25-19(27)15(22)11(2)3)20(28)23-14(9-10-31-7)18(26)24-16(12(4)5)21(29)30/h11-17H,8-10,22H2,1-7H3,(H,23,28)(H,24,26)(H,25,27)(H,29,30). The van der Waals surface area contributed by atoms with Crippen LogP contribution in [0.2, 0.25) is 0 Å². The van der Waals surface area contributed by atoms with Crippen molar-refractivity contribution in [2.75, 3.05) is 12.0 Å². The maximum atomic E-state index is 13.0. The summed E-state index contributed by atoms with van der Waals surface area (Å²) in [6, 6.07) is -3.58. The lowest BCUT2D eigenvalue weighted by Crippen LogP contribution is -2.59. The summed E-state index contributed by atoms with van der Waals surface area (Å²) in [5.41, 5.74) is 5.91. The molecular formula is C21H40N4O5S. The van der Waals surface area contributed by atoms with Gasteiger partial charge in [-0.3, -0.25) is 14.4 Å². The molecule has 31 heavy (non-hydrogen) atoms. The fourth-order valence-corrected chi connectivity index (χ4v) is 3.26. The van der Waals surface area contributed by atoms with Crippen molar-refractivity contribution in [3.8, 4) is 0 Å². The predicted octanol–water partition coefficient (Wildman–Crippen LogP) is 0.964. The largest absolute Gasteiger partial charge is 0.480 e. The second-order valence-corrected chi connectivity index (χ2v) is 9.54. The minimum Gasteiger partial charge on any atom is -0.480 e. The van der Waals surface area contributed by atoms with Gasteiger partial charge in [0.1, 0.15) is 18.1 Å². The number of carbonyl (C=O) groups excluding carboxylic acids is 3. The van der Waals surface area contributed by atoms with Gasteiger partial charge in [0.05, 0.1) is 6.04 Å². The van der Waals surface area contributed by atoms with Gasteiger partial charge in [-0.05, 0) is 36.2 Å². The molecule has 3 amide bonds. The molecular weight excluding hydrogens is 420 g/mol. The third kappa shape index (κ3) is 9.90. The SMILES string of the molecule is CCC(C)C(NC(=O)C(N)C(C)C)C(=O)NC(CCSC)C(=O)NC(C(=O)O)C(C)C. The molecule has 5 unspecified atom stereocenters. The molecule has 0 bridgehead atoms. The Morgan fingerprint density at radius 1 is 0.871 bits per heavy atom. The fraction of sp³-hybridized carbons (Fsp3) is 0.810. The van der Waals surface area contributed by atoms with Crippen molar-refractivity contribution >= 4 is 35.5 Å². The minimum atomic E-state index is -1.13. The van der Waals surface area contributed by atoms with Crippen LogP contribution in [0.5, 0.6) is 0 Å². The Bertz CT molecular complexity index is 615. The number of rotatable bonds is 14. The van der Waals surface area contributed by atoms with E-state index >= 15 is 0 Å². The monoisotopic (exact) mass is 460 g/mol. The van der Waals surface area contributed by atoms with E-state index in [1.165, 1.54) is 11.8 Å². The maximum Gasteiger partial charge on any atom is 0.326 e.